The van der Waals surface area contributed by atoms with Crippen LogP contribution < -0.4 is 10.6 Å². The Hall–Kier alpha value is -0.810. The fraction of sp³-hybridized carbons (Fsp3) is 0.933. The van der Waals surface area contributed by atoms with Gasteiger partial charge >= 0.3 is 6.09 Å². The van der Waals surface area contributed by atoms with Gasteiger partial charge in [-0.1, -0.05) is 20.8 Å². The summed E-state index contributed by atoms with van der Waals surface area (Å²) in [7, 11) is 0. The second kappa shape index (κ2) is 6.31. The van der Waals surface area contributed by atoms with E-state index in [2.05, 4.69) is 31.4 Å². The fourth-order valence-corrected chi connectivity index (χ4v) is 2.31. The van der Waals surface area contributed by atoms with Crippen LogP contribution in [-0.4, -0.2) is 41.5 Å². The highest BCUT2D eigenvalue weighted by Gasteiger charge is 2.47. The second-order valence-electron chi connectivity index (χ2n) is 7.28. The number of alkyl carbamates (subject to hydrolysis) is 1. The lowest BCUT2D eigenvalue weighted by Crippen LogP contribution is -2.63. The highest BCUT2D eigenvalue weighted by molar-refractivity contribution is 5.67. The van der Waals surface area contributed by atoms with E-state index >= 15 is 0 Å². The summed E-state index contributed by atoms with van der Waals surface area (Å²) < 4.78 is 5.22. The van der Waals surface area contributed by atoms with Crippen LogP contribution >= 0.6 is 0 Å². The largest absolute Gasteiger partial charge is 0.444 e. The molecule has 1 aliphatic carbocycles. The predicted molar refractivity (Wildman–Crippen MR) is 79.6 cm³/mol. The van der Waals surface area contributed by atoms with Gasteiger partial charge in [0.05, 0.1) is 6.10 Å². The maximum atomic E-state index is 11.6. The van der Waals surface area contributed by atoms with E-state index < -0.39 is 5.60 Å². The molecule has 118 valence electrons. The van der Waals surface area contributed by atoms with E-state index in [0.717, 1.165) is 12.8 Å². The molecular weight excluding hydrogens is 256 g/mol. The number of carbonyl (C=O) groups is 1. The summed E-state index contributed by atoms with van der Waals surface area (Å²) in [5.74, 6) is 0. The molecule has 1 fully saturated rings. The first-order chi connectivity index (χ1) is 9.06. The van der Waals surface area contributed by atoms with Gasteiger partial charge in [-0.25, -0.2) is 4.79 Å². The molecule has 1 saturated carbocycles. The summed E-state index contributed by atoms with van der Waals surface area (Å²) in [6.07, 6.45) is 1.07. The maximum absolute atomic E-state index is 11.6. The standard InChI is InChI=1S/C15H30N2O3/c1-7-10(9-16-13(19)20-14(2,3)4)17-11-8-12(18)15(11,5)6/h10-12,17-18H,7-9H2,1-6H3,(H,16,19). The number of nitrogens with one attached hydrogen (secondary N) is 2. The number of hydrogen-bond acceptors (Lipinski definition) is 4. The third-order valence-electron chi connectivity index (χ3n) is 4.04. The van der Waals surface area contributed by atoms with Gasteiger partial charge in [0.2, 0.25) is 0 Å². The Morgan fingerprint density at radius 1 is 1.45 bits per heavy atom. The zero-order valence-corrected chi connectivity index (χ0v) is 13.6. The van der Waals surface area contributed by atoms with E-state index in [9.17, 15) is 9.90 Å². The summed E-state index contributed by atoms with van der Waals surface area (Å²) in [4.78, 5) is 11.6. The van der Waals surface area contributed by atoms with Crippen LogP contribution in [0.3, 0.4) is 0 Å². The van der Waals surface area contributed by atoms with Gasteiger partial charge in [0, 0.05) is 24.0 Å². The third-order valence-corrected chi connectivity index (χ3v) is 4.04. The molecule has 3 N–H and O–H groups in total. The Kier molecular flexibility index (Phi) is 5.44. The number of amides is 1. The number of hydrogen-bond donors (Lipinski definition) is 3. The van der Waals surface area contributed by atoms with Crippen molar-refractivity contribution >= 4 is 6.09 Å². The Labute approximate surface area is 122 Å². The first-order valence-electron chi connectivity index (χ1n) is 7.47. The van der Waals surface area contributed by atoms with Crippen LogP contribution in [0.2, 0.25) is 0 Å². The highest BCUT2D eigenvalue weighted by Crippen LogP contribution is 2.40. The first kappa shape index (κ1) is 17.2. The molecule has 1 aliphatic rings. The minimum Gasteiger partial charge on any atom is -0.444 e. The minimum absolute atomic E-state index is 0.0979. The number of aliphatic hydroxyl groups is 1. The molecule has 0 aromatic carbocycles. The van der Waals surface area contributed by atoms with Crippen LogP contribution in [0.5, 0.6) is 0 Å². The number of ether oxygens (including phenoxy) is 1. The van der Waals surface area contributed by atoms with Crippen molar-refractivity contribution in [3.63, 3.8) is 0 Å². The lowest BCUT2D eigenvalue weighted by molar-refractivity contribution is -0.0759. The molecule has 20 heavy (non-hydrogen) atoms. The van der Waals surface area contributed by atoms with Crippen molar-refractivity contribution in [2.75, 3.05) is 6.54 Å². The molecular formula is C15H30N2O3. The smallest absolute Gasteiger partial charge is 0.407 e. The van der Waals surface area contributed by atoms with Crippen molar-refractivity contribution in [1.82, 2.24) is 10.6 Å². The van der Waals surface area contributed by atoms with Crippen molar-refractivity contribution in [3.8, 4) is 0 Å². The molecule has 0 spiro atoms. The summed E-state index contributed by atoms with van der Waals surface area (Å²) in [6, 6.07) is 0.488. The molecule has 0 heterocycles. The van der Waals surface area contributed by atoms with Crippen molar-refractivity contribution in [3.05, 3.63) is 0 Å². The van der Waals surface area contributed by atoms with Crippen LogP contribution in [0, 0.1) is 5.41 Å². The number of carbonyl (C=O) groups excluding carboxylic acids is 1. The Morgan fingerprint density at radius 2 is 2.05 bits per heavy atom. The van der Waals surface area contributed by atoms with Gasteiger partial charge in [0.1, 0.15) is 5.60 Å². The van der Waals surface area contributed by atoms with E-state index in [0.29, 0.717) is 12.6 Å². The second-order valence-corrected chi connectivity index (χ2v) is 7.28. The zero-order chi connectivity index (χ0) is 15.6. The van der Waals surface area contributed by atoms with Crippen LogP contribution in [0.25, 0.3) is 0 Å². The summed E-state index contributed by atoms with van der Waals surface area (Å²) in [5.41, 5.74) is -0.571. The Bertz CT molecular complexity index is 337. The third kappa shape index (κ3) is 4.63. The van der Waals surface area contributed by atoms with Gasteiger partial charge in [-0.15, -0.1) is 0 Å². The maximum Gasteiger partial charge on any atom is 0.407 e. The molecule has 1 amide bonds. The van der Waals surface area contributed by atoms with Crippen LogP contribution in [0.1, 0.15) is 54.4 Å². The fourth-order valence-electron chi connectivity index (χ4n) is 2.31. The zero-order valence-electron chi connectivity index (χ0n) is 13.6. The van der Waals surface area contributed by atoms with Gasteiger partial charge in [0.15, 0.2) is 0 Å². The van der Waals surface area contributed by atoms with E-state index in [1.165, 1.54) is 0 Å². The van der Waals surface area contributed by atoms with Gasteiger partial charge < -0.3 is 20.5 Å². The normalized spacial score (nSPS) is 26.6. The predicted octanol–water partition coefficient (Wildman–Crippen LogP) is 2.04. The monoisotopic (exact) mass is 286 g/mol. The minimum atomic E-state index is -0.473. The Morgan fingerprint density at radius 3 is 2.45 bits per heavy atom. The van der Waals surface area contributed by atoms with Crippen LogP contribution in [-0.2, 0) is 4.74 Å². The van der Waals surface area contributed by atoms with Gasteiger partial charge in [-0.05, 0) is 33.6 Å². The van der Waals surface area contributed by atoms with Crippen molar-refractivity contribution in [2.24, 2.45) is 5.41 Å². The van der Waals surface area contributed by atoms with E-state index in [1.807, 2.05) is 20.8 Å². The SMILES string of the molecule is CCC(CNC(=O)OC(C)(C)C)NC1CC(O)C1(C)C. The quantitative estimate of drug-likeness (QED) is 0.723. The number of aliphatic hydroxyl groups excluding tert-OH is 1. The molecule has 3 atom stereocenters. The van der Waals surface area contributed by atoms with Crippen molar-refractivity contribution < 1.29 is 14.6 Å². The molecule has 0 saturated heterocycles. The van der Waals surface area contributed by atoms with Crippen LogP contribution in [0.4, 0.5) is 4.79 Å². The molecule has 0 aliphatic heterocycles. The van der Waals surface area contributed by atoms with Gasteiger partial charge in [-0.2, -0.15) is 0 Å². The molecule has 3 unspecified atom stereocenters. The molecule has 0 aromatic rings. The highest BCUT2D eigenvalue weighted by atomic mass is 16.6. The lowest BCUT2D eigenvalue weighted by Gasteiger charge is -2.51. The Balaban J connectivity index is 2.36. The number of rotatable bonds is 5. The summed E-state index contributed by atoms with van der Waals surface area (Å²) in [5, 5.41) is 16.1. The molecule has 5 heteroatoms. The molecule has 5 nitrogen and oxygen atoms in total. The topological polar surface area (TPSA) is 70.6 Å². The van der Waals surface area contributed by atoms with Crippen LogP contribution in [0.15, 0.2) is 0 Å². The molecule has 1 rings (SSSR count). The average Bonchev–Trinajstić information content (AvgIpc) is 2.30. The van der Waals surface area contributed by atoms with Gasteiger partial charge in [0.25, 0.3) is 0 Å². The van der Waals surface area contributed by atoms with Crippen molar-refractivity contribution in [1.29, 1.82) is 0 Å². The molecule has 0 aromatic heterocycles. The van der Waals surface area contributed by atoms with Gasteiger partial charge in [-0.3, -0.25) is 0 Å². The van der Waals surface area contributed by atoms with E-state index in [1.54, 1.807) is 0 Å². The lowest BCUT2D eigenvalue weighted by atomic mass is 9.64. The molecule has 0 bridgehead atoms. The summed E-state index contributed by atoms with van der Waals surface area (Å²) >= 11 is 0. The average molecular weight is 286 g/mol. The summed E-state index contributed by atoms with van der Waals surface area (Å²) in [6.45, 7) is 12.3. The van der Waals surface area contributed by atoms with Crippen molar-refractivity contribution in [2.45, 2.75) is 78.2 Å². The first-order valence-corrected chi connectivity index (χ1v) is 7.47. The molecule has 0 radical (unpaired) electrons. The van der Waals surface area contributed by atoms with E-state index in [4.69, 9.17) is 4.74 Å². The van der Waals surface area contributed by atoms with E-state index in [-0.39, 0.29) is 23.7 Å².